The van der Waals surface area contributed by atoms with Gasteiger partial charge < -0.3 is 10.1 Å². The lowest BCUT2D eigenvalue weighted by Gasteiger charge is -2.07. The minimum Gasteiger partial charge on any atom is -0.381 e. The van der Waals surface area contributed by atoms with E-state index in [9.17, 15) is 0 Å². The largest absolute Gasteiger partial charge is 0.381 e. The molecule has 1 unspecified atom stereocenters. The second-order valence-electron chi connectivity index (χ2n) is 4.45. The van der Waals surface area contributed by atoms with E-state index < -0.39 is 0 Å². The van der Waals surface area contributed by atoms with Gasteiger partial charge in [-0.15, -0.1) is 0 Å². The SMILES string of the molecule is CCCNCc1cn(C)nc1C1CCOC1. The van der Waals surface area contributed by atoms with Crippen molar-refractivity contribution in [1.82, 2.24) is 15.1 Å². The molecule has 2 rings (SSSR count). The Morgan fingerprint density at radius 1 is 1.62 bits per heavy atom. The first-order valence-corrected chi connectivity index (χ1v) is 6.12. The van der Waals surface area contributed by atoms with Gasteiger partial charge in [-0.05, 0) is 19.4 Å². The third-order valence-corrected chi connectivity index (χ3v) is 3.00. The summed E-state index contributed by atoms with van der Waals surface area (Å²) in [4.78, 5) is 0. The number of aryl methyl sites for hydroxylation is 1. The molecular formula is C12H21N3O. The molecule has 1 N–H and O–H groups in total. The smallest absolute Gasteiger partial charge is 0.0724 e. The molecule has 1 aliphatic heterocycles. The van der Waals surface area contributed by atoms with Crippen LogP contribution in [0, 0.1) is 0 Å². The second kappa shape index (κ2) is 5.46. The fourth-order valence-corrected chi connectivity index (χ4v) is 2.18. The van der Waals surface area contributed by atoms with Gasteiger partial charge in [0.05, 0.1) is 12.3 Å². The van der Waals surface area contributed by atoms with Crippen LogP contribution in [0.25, 0.3) is 0 Å². The van der Waals surface area contributed by atoms with Crippen LogP contribution in [0.15, 0.2) is 6.20 Å². The van der Waals surface area contributed by atoms with Crippen LogP contribution in [-0.2, 0) is 18.3 Å². The summed E-state index contributed by atoms with van der Waals surface area (Å²) in [5.41, 5.74) is 2.55. The molecule has 4 nitrogen and oxygen atoms in total. The predicted octanol–water partition coefficient (Wildman–Crippen LogP) is 1.42. The van der Waals surface area contributed by atoms with Crippen LogP contribution in [0.5, 0.6) is 0 Å². The average molecular weight is 223 g/mol. The summed E-state index contributed by atoms with van der Waals surface area (Å²) in [7, 11) is 1.99. The van der Waals surface area contributed by atoms with E-state index in [-0.39, 0.29) is 0 Å². The van der Waals surface area contributed by atoms with Crippen molar-refractivity contribution in [2.75, 3.05) is 19.8 Å². The fourth-order valence-electron chi connectivity index (χ4n) is 2.18. The van der Waals surface area contributed by atoms with E-state index in [0.29, 0.717) is 5.92 Å². The zero-order valence-electron chi connectivity index (χ0n) is 10.2. The predicted molar refractivity (Wildman–Crippen MR) is 63.4 cm³/mol. The first-order valence-electron chi connectivity index (χ1n) is 6.12. The van der Waals surface area contributed by atoms with Gasteiger partial charge in [0.1, 0.15) is 0 Å². The van der Waals surface area contributed by atoms with Crippen molar-refractivity contribution < 1.29 is 4.74 Å². The molecule has 0 saturated carbocycles. The number of hydrogen-bond donors (Lipinski definition) is 1. The Morgan fingerprint density at radius 2 is 2.50 bits per heavy atom. The van der Waals surface area contributed by atoms with Crippen molar-refractivity contribution in [3.05, 3.63) is 17.5 Å². The van der Waals surface area contributed by atoms with E-state index in [2.05, 4.69) is 23.5 Å². The standard InChI is InChI=1S/C12H21N3O/c1-3-5-13-7-11-8-15(2)14-12(11)10-4-6-16-9-10/h8,10,13H,3-7,9H2,1-2H3. The molecule has 0 bridgehead atoms. The van der Waals surface area contributed by atoms with Crippen LogP contribution < -0.4 is 5.32 Å². The molecule has 1 fully saturated rings. The van der Waals surface area contributed by atoms with Crippen LogP contribution in [0.4, 0.5) is 0 Å². The topological polar surface area (TPSA) is 39.1 Å². The van der Waals surface area contributed by atoms with Gasteiger partial charge in [-0.2, -0.15) is 5.10 Å². The molecular weight excluding hydrogens is 202 g/mol. The Bertz CT molecular complexity index is 329. The highest BCUT2D eigenvalue weighted by molar-refractivity contribution is 5.22. The van der Waals surface area contributed by atoms with E-state index in [1.54, 1.807) is 0 Å². The van der Waals surface area contributed by atoms with Gasteiger partial charge in [0.25, 0.3) is 0 Å². The maximum Gasteiger partial charge on any atom is 0.0724 e. The van der Waals surface area contributed by atoms with Crippen molar-refractivity contribution >= 4 is 0 Å². The number of nitrogens with one attached hydrogen (secondary N) is 1. The van der Waals surface area contributed by atoms with Crippen molar-refractivity contribution in [1.29, 1.82) is 0 Å². The maximum absolute atomic E-state index is 5.43. The fraction of sp³-hybridized carbons (Fsp3) is 0.750. The first-order chi connectivity index (χ1) is 7.81. The molecule has 1 atom stereocenters. The molecule has 16 heavy (non-hydrogen) atoms. The zero-order chi connectivity index (χ0) is 11.4. The van der Waals surface area contributed by atoms with Gasteiger partial charge in [0.15, 0.2) is 0 Å². The molecule has 1 aliphatic rings. The minimum atomic E-state index is 0.500. The van der Waals surface area contributed by atoms with E-state index >= 15 is 0 Å². The number of ether oxygens (including phenoxy) is 1. The summed E-state index contributed by atoms with van der Waals surface area (Å²) in [6, 6.07) is 0. The summed E-state index contributed by atoms with van der Waals surface area (Å²) in [5.74, 6) is 0.500. The first kappa shape index (κ1) is 11.6. The van der Waals surface area contributed by atoms with Crippen LogP contribution in [-0.4, -0.2) is 29.5 Å². The van der Waals surface area contributed by atoms with Crippen LogP contribution in [0.3, 0.4) is 0 Å². The number of nitrogens with zero attached hydrogens (tertiary/aromatic N) is 2. The van der Waals surface area contributed by atoms with Crippen molar-refractivity contribution in [2.45, 2.75) is 32.2 Å². The Kier molecular flexibility index (Phi) is 3.96. The summed E-state index contributed by atoms with van der Waals surface area (Å²) < 4.78 is 7.35. The molecule has 0 amide bonds. The molecule has 0 aromatic carbocycles. The van der Waals surface area contributed by atoms with Gasteiger partial charge >= 0.3 is 0 Å². The molecule has 1 aromatic heterocycles. The Balaban J connectivity index is 2.04. The van der Waals surface area contributed by atoms with E-state index in [0.717, 1.165) is 32.7 Å². The maximum atomic E-state index is 5.43. The Hall–Kier alpha value is -0.870. The van der Waals surface area contributed by atoms with Crippen LogP contribution in [0.1, 0.15) is 36.9 Å². The van der Waals surface area contributed by atoms with Crippen molar-refractivity contribution in [3.63, 3.8) is 0 Å². The molecule has 90 valence electrons. The normalized spacial score (nSPS) is 20.5. The quantitative estimate of drug-likeness (QED) is 0.767. The molecule has 1 aromatic rings. The van der Waals surface area contributed by atoms with E-state index in [1.807, 2.05) is 11.7 Å². The van der Waals surface area contributed by atoms with Crippen LogP contribution in [0.2, 0.25) is 0 Å². The lowest BCUT2D eigenvalue weighted by Crippen LogP contribution is -2.15. The molecule has 0 aliphatic carbocycles. The summed E-state index contributed by atoms with van der Waals surface area (Å²) in [6.07, 6.45) is 4.40. The van der Waals surface area contributed by atoms with Crippen LogP contribution >= 0.6 is 0 Å². The number of rotatable bonds is 5. The molecule has 4 heteroatoms. The third kappa shape index (κ3) is 2.62. The van der Waals surface area contributed by atoms with E-state index in [4.69, 9.17) is 4.74 Å². The lowest BCUT2D eigenvalue weighted by atomic mass is 10.0. The van der Waals surface area contributed by atoms with Gasteiger partial charge in [-0.3, -0.25) is 4.68 Å². The highest BCUT2D eigenvalue weighted by Crippen LogP contribution is 2.26. The average Bonchev–Trinajstić information content (AvgIpc) is 2.87. The minimum absolute atomic E-state index is 0.500. The lowest BCUT2D eigenvalue weighted by molar-refractivity contribution is 0.193. The van der Waals surface area contributed by atoms with Gasteiger partial charge in [-0.25, -0.2) is 0 Å². The molecule has 0 spiro atoms. The number of hydrogen-bond acceptors (Lipinski definition) is 3. The zero-order valence-corrected chi connectivity index (χ0v) is 10.2. The summed E-state index contributed by atoms with van der Waals surface area (Å²) in [5, 5.41) is 8.00. The highest BCUT2D eigenvalue weighted by atomic mass is 16.5. The monoisotopic (exact) mass is 223 g/mol. The second-order valence-corrected chi connectivity index (χ2v) is 4.45. The molecule has 2 heterocycles. The molecule has 1 saturated heterocycles. The Labute approximate surface area is 97.0 Å². The molecule has 0 radical (unpaired) electrons. The van der Waals surface area contributed by atoms with Crippen molar-refractivity contribution in [3.8, 4) is 0 Å². The third-order valence-electron chi connectivity index (χ3n) is 3.00. The number of aromatic nitrogens is 2. The van der Waals surface area contributed by atoms with E-state index in [1.165, 1.54) is 17.7 Å². The summed E-state index contributed by atoms with van der Waals surface area (Å²) in [6.45, 7) is 5.88. The van der Waals surface area contributed by atoms with Gasteiger partial charge in [-0.1, -0.05) is 6.92 Å². The van der Waals surface area contributed by atoms with Gasteiger partial charge in [0.2, 0.25) is 0 Å². The highest BCUT2D eigenvalue weighted by Gasteiger charge is 2.23. The summed E-state index contributed by atoms with van der Waals surface area (Å²) >= 11 is 0. The van der Waals surface area contributed by atoms with Crippen molar-refractivity contribution in [2.24, 2.45) is 7.05 Å². The van der Waals surface area contributed by atoms with Gasteiger partial charge in [0, 0.05) is 37.9 Å². The Morgan fingerprint density at radius 3 is 3.19 bits per heavy atom.